The first-order chi connectivity index (χ1) is 7.11. The number of thiol groups is 1. The average Bonchev–Trinajstić information content (AvgIpc) is 2.20. The second kappa shape index (κ2) is 8.59. The second-order valence-corrected chi connectivity index (χ2v) is 3.80. The minimum atomic E-state index is -0.521. The maximum atomic E-state index is 11.5. The lowest BCUT2D eigenvalue weighted by molar-refractivity contribution is -0.127. The van der Waals surface area contributed by atoms with Crippen LogP contribution in [0.4, 0.5) is 0 Å². The summed E-state index contributed by atoms with van der Waals surface area (Å²) in [6.07, 6.45) is 3.20. The van der Waals surface area contributed by atoms with Crippen molar-refractivity contribution >= 4 is 24.4 Å². The van der Waals surface area contributed by atoms with Crippen LogP contribution >= 0.6 is 12.6 Å². The van der Waals surface area contributed by atoms with Gasteiger partial charge in [-0.25, -0.2) is 0 Å². The maximum absolute atomic E-state index is 11.5. The van der Waals surface area contributed by atoms with E-state index in [4.69, 9.17) is 0 Å². The molecule has 0 aromatic rings. The number of amides is 2. The Kier molecular flexibility index (Phi) is 8.18. The highest BCUT2D eigenvalue weighted by atomic mass is 32.1. The van der Waals surface area contributed by atoms with Crippen LogP contribution in [0, 0.1) is 0 Å². The zero-order valence-corrected chi connectivity index (χ0v) is 10.3. The maximum Gasteiger partial charge on any atom is 0.243 e. The van der Waals surface area contributed by atoms with Crippen molar-refractivity contribution in [3.8, 4) is 0 Å². The average molecular weight is 232 g/mol. The minimum Gasteiger partial charge on any atom is -0.354 e. The largest absolute Gasteiger partial charge is 0.354 e. The predicted octanol–water partition coefficient (Wildman–Crippen LogP) is 0.727. The van der Waals surface area contributed by atoms with Gasteiger partial charge in [0, 0.05) is 19.2 Å². The summed E-state index contributed by atoms with van der Waals surface area (Å²) in [7, 11) is 0. The van der Waals surface area contributed by atoms with Crippen molar-refractivity contribution in [2.75, 3.05) is 12.3 Å². The molecule has 0 aromatic heterocycles. The zero-order valence-electron chi connectivity index (χ0n) is 9.38. The lowest BCUT2D eigenvalue weighted by Crippen LogP contribution is -2.47. The molecule has 2 N–H and O–H groups in total. The number of carbonyl (C=O) groups excluding carboxylic acids is 2. The van der Waals surface area contributed by atoms with E-state index in [1.165, 1.54) is 6.92 Å². The van der Waals surface area contributed by atoms with Gasteiger partial charge in [-0.1, -0.05) is 19.8 Å². The summed E-state index contributed by atoms with van der Waals surface area (Å²) in [5.74, 6) is -0.0480. The zero-order chi connectivity index (χ0) is 11.7. The first-order valence-electron chi connectivity index (χ1n) is 5.27. The topological polar surface area (TPSA) is 58.2 Å². The summed E-state index contributed by atoms with van der Waals surface area (Å²) in [4.78, 5) is 22.3. The van der Waals surface area contributed by atoms with E-state index < -0.39 is 6.04 Å². The molecular weight excluding hydrogens is 212 g/mol. The number of unbranched alkanes of at least 4 members (excludes halogenated alkanes) is 2. The monoisotopic (exact) mass is 232 g/mol. The predicted molar refractivity (Wildman–Crippen MR) is 64.0 cm³/mol. The van der Waals surface area contributed by atoms with Crippen LogP contribution in [-0.4, -0.2) is 30.2 Å². The number of carbonyl (C=O) groups is 2. The van der Waals surface area contributed by atoms with Crippen molar-refractivity contribution in [2.24, 2.45) is 0 Å². The van der Waals surface area contributed by atoms with Crippen LogP contribution in [0.2, 0.25) is 0 Å². The van der Waals surface area contributed by atoms with E-state index in [0.29, 0.717) is 12.3 Å². The Morgan fingerprint density at radius 1 is 1.33 bits per heavy atom. The summed E-state index contributed by atoms with van der Waals surface area (Å²) in [6.45, 7) is 4.16. The van der Waals surface area contributed by atoms with Crippen LogP contribution in [-0.2, 0) is 9.59 Å². The van der Waals surface area contributed by atoms with Crippen molar-refractivity contribution in [2.45, 2.75) is 39.2 Å². The van der Waals surface area contributed by atoms with Crippen LogP contribution in [0.5, 0.6) is 0 Å². The fourth-order valence-corrected chi connectivity index (χ4v) is 1.41. The molecule has 0 aliphatic heterocycles. The van der Waals surface area contributed by atoms with E-state index in [9.17, 15) is 9.59 Å². The Bertz CT molecular complexity index is 210. The molecule has 15 heavy (non-hydrogen) atoms. The molecule has 1 atom stereocenters. The van der Waals surface area contributed by atoms with Gasteiger partial charge in [0.05, 0.1) is 0 Å². The Balaban J connectivity index is 3.78. The fraction of sp³-hybridized carbons (Fsp3) is 0.800. The lowest BCUT2D eigenvalue weighted by Gasteiger charge is -2.14. The quantitative estimate of drug-likeness (QED) is 0.447. The Labute approximate surface area is 96.6 Å². The Morgan fingerprint density at radius 2 is 2.00 bits per heavy atom. The molecule has 2 amide bonds. The molecule has 0 heterocycles. The standard InChI is InChI=1S/C10H20N2O2S/c1-3-4-5-6-11-10(14)9(7-15)12-8(2)13/h9,15H,3-7H2,1-2H3,(H,11,14)(H,12,13). The highest BCUT2D eigenvalue weighted by Crippen LogP contribution is 1.93. The third-order valence-corrected chi connectivity index (χ3v) is 2.32. The fourth-order valence-electron chi connectivity index (χ4n) is 1.15. The third kappa shape index (κ3) is 7.25. The molecule has 1 unspecified atom stereocenters. The summed E-state index contributed by atoms with van der Waals surface area (Å²) in [6, 6.07) is -0.521. The molecule has 0 aliphatic carbocycles. The highest BCUT2D eigenvalue weighted by molar-refractivity contribution is 7.80. The van der Waals surface area contributed by atoms with Crippen molar-refractivity contribution in [1.82, 2.24) is 10.6 Å². The van der Waals surface area contributed by atoms with Gasteiger partial charge in [0.15, 0.2) is 0 Å². The van der Waals surface area contributed by atoms with Crippen LogP contribution < -0.4 is 10.6 Å². The van der Waals surface area contributed by atoms with E-state index in [1.54, 1.807) is 0 Å². The van der Waals surface area contributed by atoms with Gasteiger partial charge in [0.25, 0.3) is 0 Å². The first-order valence-corrected chi connectivity index (χ1v) is 5.90. The van der Waals surface area contributed by atoms with Crippen molar-refractivity contribution in [3.05, 3.63) is 0 Å². The third-order valence-electron chi connectivity index (χ3n) is 1.96. The Morgan fingerprint density at radius 3 is 2.47 bits per heavy atom. The van der Waals surface area contributed by atoms with Gasteiger partial charge in [-0.2, -0.15) is 12.6 Å². The van der Waals surface area contributed by atoms with Crippen molar-refractivity contribution < 1.29 is 9.59 Å². The van der Waals surface area contributed by atoms with Crippen LogP contribution in [0.3, 0.4) is 0 Å². The normalized spacial score (nSPS) is 11.9. The molecule has 0 fully saturated rings. The number of hydrogen-bond acceptors (Lipinski definition) is 3. The van der Waals surface area contributed by atoms with Gasteiger partial charge in [0.2, 0.25) is 11.8 Å². The summed E-state index contributed by atoms with van der Waals surface area (Å²) in [5.41, 5.74) is 0. The molecule has 0 bridgehead atoms. The van der Waals surface area contributed by atoms with Crippen molar-refractivity contribution in [3.63, 3.8) is 0 Å². The second-order valence-electron chi connectivity index (χ2n) is 3.43. The molecule has 0 saturated carbocycles. The Hall–Kier alpha value is -0.710. The summed E-state index contributed by atoms with van der Waals surface area (Å²) < 4.78 is 0. The van der Waals surface area contributed by atoms with E-state index in [2.05, 4.69) is 30.2 Å². The highest BCUT2D eigenvalue weighted by Gasteiger charge is 2.16. The van der Waals surface area contributed by atoms with Gasteiger partial charge in [-0.15, -0.1) is 0 Å². The van der Waals surface area contributed by atoms with Gasteiger partial charge >= 0.3 is 0 Å². The molecule has 5 heteroatoms. The minimum absolute atomic E-state index is 0.156. The lowest BCUT2D eigenvalue weighted by atomic mass is 10.2. The molecule has 0 radical (unpaired) electrons. The van der Waals surface area contributed by atoms with Gasteiger partial charge < -0.3 is 10.6 Å². The van der Waals surface area contributed by atoms with Crippen LogP contribution in [0.15, 0.2) is 0 Å². The molecule has 88 valence electrons. The molecule has 0 aromatic carbocycles. The molecule has 0 spiro atoms. The molecule has 0 rings (SSSR count). The number of rotatable bonds is 7. The molecular formula is C10H20N2O2S. The molecule has 4 nitrogen and oxygen atoms in total. The summed E-state index contributed by atoms with van der Waals surface area (Å²) in [5, 5.41) is 5.31. The SMILES string of the molecule is CCCCCNC(=O)C(CS)NC(C)=O. The van der Waals surface area contributed by atoms with E-state index in [1.807, 2.05) is 0 Å². The summed E-state index contributed by atoms with van der Waals surface area (Å²) >= 11 is 4.02. The number of nitrogens with one attached hydrogen (secondary N) is 2. The van der Waals surface area contributed by atoms with E-state index >= 15 is 0 Å². The number of hydrogen-bond donors (Lipinski definition) is 3. The van der Waals surface area contributed by atoms with E-state index in [0.717, 1.165) is 19.3 Å². The molecule has 0 aliphatic rings. The molecule has 0 saturated heterocycles. The van der Waals surface area contributed by atoms with Crippen molar-refractivity contribution in [1.29, 1.82) is 0 Å². The van der Waals surface area contributed by atoms with Crippen LogP contribution in [0.1, 0.15) is 33.1 Å². The van der Waals surface area contributed by atoms with Gasteiger partial charge in [-0.05, 0) is 6.42 Å². The first kappa shape index (κ1) is 14.3. The van der Waals surface area contributed by atoms with Crippen LogP contribution in [0.25, 0.3) is 0 Å². The smallest absolute Gasteiger partial charge is 0.243 e. The van der Waals surface area contributed by atoms with Gasteiger partial charge in [-0.3, -0.25) is 9.59 Å². The van der Waals surface area contributed by atoms with Gasteiger partial charge in [0.1, 0.15) is 6.04 Å². The van der Waals surface area contributed by atoms with E-state index in [-0.39, 0.29) is 11.8 Å².